The van der Waals surface area contributed by atoms with Crippen molar-refractivity contribution in [2.24, 2.45) is 0 Å². The Morgan fingerprint density at radius 3 is 2.58 bits per heavy atom. The number of thiophene rings is 1. The molecular formula is C19H21N3OS. The molecule has 0 atom stereocenters. The van der Waals surface area contributed by atoms with Crippen LogP contribution >= 0.6 is 11.3 Å². The zero-order chi connectivity index (χ0) is 16.7. The standard InChI is InChI=1S/C19H21N3OS/c1-13-20-18-16(12-17(24-18)14-6-4-3-5-7-14)19(23)22(13)15-8-10-21(2)11-9-15/h3-7,12,15H,8-11H2,1-2H3. The Kier molecular flexibility index (Phi) is 3.98. The Bertz CT molecular complexity index is 921. The van der Waals surface area contributed by atoms with Gasteiger partial charge in [0, 0.05) is 10.9 Å². The van der Waals surface area contributed by atoms with Crippen molar-refractivity contribution >= 4 is 21.6 Å². The summed E-state index contributed by atoms with van der Waals surface area (Å²) >= 11 is 1.60. The zero-order valence-electron chi connectivity index (χ0n) is 14.0. The number of hydrogen-bond donors (Lipinski definition) is 0. The monoisotopic (exact) mass is 339 g/mol. The van der Waals surface area contributed by atoms with E-state index in [1.54, 1.807) is 11.3 Å². The molecule has 3 heterocycles. The number of likely N-dealkylation sites (tertiary alicyclic amines) is 1. The summed E-state index contributed by atoms with van der Waals surface area (Å²) in [5.41, 5.74) is 1.26. The van der Waals surface area contributed by atoms with Crippen LogP contribution in [-0.4, -0.2) is 34.6 Å². The summed E-state index contributed by atoms with van der Waals surface area (Å²) in [6, 6.07) is 12.5. The van der Waals surface area contributed by atoms with Gasteiger partial charge in [0.1, 0.15) is 10.7 Å². The summed E-state index contributed by atoms with van der Waals surface area (Å²) in [6.07, 6.45) is 2.03. The normalized spacial score (nSPS) is 16.8. The van der Waals surface area contributed by atoms with E-state index < -0.39 is 0 Å². The van der Waals surface area contributed by atoms with Crippen LogP contribution in [0, 0.1) is 6.92 Å². The van der Waals surface area contributed by atoms with Gasteiger partial charge >= 0.3 is 0 Å². The van der Waals surface area contributed by atoms with E-state index in [1.165, 1.54) is 0 Å². The number of fused-ring (bicyclic) bond motifs is 1. The third-order valence-electron chi connectivity index (χ3n) is 4.89. The maximum absolute atomic E-state index is 13.1. The van der Waals surface area contributed by atoms with E-state index in [0.29, 0.717) is 0 Å². The van der Waals surface area contributed by atoms with E-state index in [1.807, 2.05) is 35.8 Å². The van der Waals surface area contributed by atoms with Crippen LogP contribution in [0.2, 0.25) is 0 Å². The lowest BCUT2D eigenvalue weighted by molar-refractivity contribution is 0.216. The number of rotatable bonds is 2. The molecule has 0 saturated carbocycles. The van der Waals surface area contributed by atoms with E-state index in [9.17, 15) is 4.79 Å². The number of nitrogens with zero attached hydrogens (tertiary/aromatic N) is 3. The van der Waals surface area contributed by atoms with Gasteiger partial charge in [-0.2, -0.15) is 0 Å². The fraction of sp³-hybridized carbons (Fsp3) is 0.368. The summed E-state index contributed by atoms with van der Waals surface area (Å²) in [7, 11) is 2.14. The second kappa shape index (κ2) is 6.15. The maximum atomic E-state index is 13.1. The summed E-state index contributed by atoms with van der Waals surface area (Å²) in [5, 5.41) is 0.753. The zero-order valence-corrected chi connectivity index (χ0v) is 14.8. The van der Waals surface area contributed by atoms with Crippen LogP contribution in [0.15, 0.2) is 41.2 Å². The SMILES string of the molecule is Cc1nc2sc(-c3ccccc3)cc2c(=O)n1C1CCN(C)CC1. The van der Waals surface area contributed by atoms with Crippen LogP contribution < -0.4 is 5.56 Å². The summed E-state index contributed by atoms with van der Waals surface area (Å²) < 4.78 is 1.93. The first-order valence-electron chi connectivity index (χ1n) is 8.40. The highest BCUT2D eigenvalue weighted by Gasteiger charge is 2.22. The van der Waals surface area contributed by atoms with Crippen LogP contribution in [-0.2, 0) is 0 Å². The minimum Gasteiger partial charge on any atom is -0.306 e. The van der Waals surface area contributed by atoms with E-state index in [2.05, 4.69) is 24.1 Å². The molecule has 0 unspecified atom stereocenters. The maximum Gasteiger partial charge on any atom is 0.262 e. The Labute approximate surface area is 145 Å². The van der Waals surface area contributed by atoms with Gasteiger partial charge in [0.15, 0.2) is 0 Å². The summed E-state index contributed by atoms with van der Waals surface area (Å²) in [5.74, 6) is 0.837. The second-order valence-corrected chi connectivity index (χ2v) is 7.59. The first-order valence-corrected chi connectivity index (χ1v) is 9.22. The van der Waals surface area contributed by atoms with Gasteiger partial charge in [0.2, 0.25) is 0 Å². The molecule has 4 rings (SSSR count). The molecule has 0 amide bonds. The van der Waals surface area contributed by atoms with Crippen LogP contribution in [0.5, 0.6) is 0 Å². The highest BCUT2D eigenvalue weighted by Crippen LogP contribution is 2.32. The van der Waals surface area contributed by atoms with Crippen molar-refractivity contribution in [3.05, 3.63) is 52.6 Å². The predicted molar refractivity (Wildman–Crippen MR) is 99.8 cm³/mol. The van der Waals surface area contributed by atoms with Gasteiger partial charge in [-0.05, 0) is 51.5 Å². The first-order chi connectivity index (χ1) is 11.6. The van der Waals surface area contributed by atoms with Crippen LogP contribution in [0.1, 0.15) is 24.7 Å². The van der Waals surface area contributed by atoms with E-state index in [0.717, 1.165) is 52.4 Å². The minimum atomic E-state index is 0.116. The van der Waals surface area contributed by atoms with Crippen molar-refractivity contribution in [1.82, 2.24) is 14.5 Å². The fourth-order valence-electron chi connectivity index (χ4n) is 3.52. The molecule has 0 bridgehead atoms. The molecule has 1 fully saturated rings. The summed E-state index contributed by atoms with van der Waals surface area (Å²) in [6.45, 7) is 4.03. The Hall–Kier alpha value is -1.98. The predicted octanol–water partition coefficient (Wildman–Crippen LogP) is 3.70. The number of aromatic nitrogens is 2. The van der Waals surface area contributed by atoms with Crippen molar-refractivity contribution in [1.29, 1.82) is 0 Å². The van der Waals surface area contributed by atoms with Crippen LogP contribution in [0.25, 0.3) is 20.7 Å². The van der Waals surface area contributed by atoms with Crippen LogP contribution in [0.3, 0.4) is 0 Å². The topological polar surface area (TPSA) is 38.1 Å². The largest absolute Gasteiger partial charge is 0.306 e. The Morgan fingerprint density at radius 2 is 1.88 bits per heavy atom. The number of piperidine rings is 1. The third-order valence-corrected chi connectivity index (χ3v) is 5.96. The quantitative estimate of drug-likeness (QED) is 0.714. The molecule has 0 radical (unpaired) electrons. The highest BCUT2D eigenvalue weighted by atomic mass is 32.1. The van der Waals surface area contributed by atoms with Gasteiger partial charge in [-0.15, -0.1) is 11.3 Å². The van der Waals surface area contributed by atoms with Crippen molar-refractivity contribution in [3.63, 3.8) is 0 Å². The fourth-order valence-corrected chi connectivity index (χ4v) is 4.60. The van der Waals surface area contributed by atoms with E-state index >= 15 is 0 Å². The lowest BCUT2D eigenvalue weighted by Gasteiger charge is -2.30. The average molecular weight is 339 g/mol. The molecule has 1 aliphatic rings. The van der Waals surface area contributed by atoms with E-state index in [-0.39, 0.29) is 11.6 Å². The van der Waals surface area contributed by atoms with Gasteiger partial charge in [-0.25, -0.2) is 4.98 Å². The van der Waals surface area contributed by atoms with Gasteiger partial charge < -0.3 is 4.90 Å². The van der Waals surface area contributed by atoms with Crippen LogP contribution in [0.4, 0.5) is 0 Å². The molecule has 5 heteroatoms. The van der Waals surface area contributed by atoms with Crippen molar-refractivity contribution in [2.45, 2.75) is 25.8 Å². The molecule has 2 aromatic heterocycles. The van der Waals surface area contributed by atoms with Crippen molar-refractivity contribution in [3.8, 4) is 10.4 Å². The average Bonchev–Trinajstić information content (AvgIpc) is 3.02. The first kappa shape index (κ1) is 15.5. The molecule has 0 spiro atoms. The molecule has 3 aromatic rings. The summed E-state index contributed by atoms with van der Waals surface area (Å²) in [4.78, 5) is 22.1. The second-order valence-electron chi connectivity index (χ2n) is 6.56. The lowest BCUT2D eigenvalue weighted by Crippen LogP contribution is -2.36. The molecule has 1 saturated heterocycles. The molecule has 1 aliphatic heterocycles. The Morgan fingerprint density at radius 1 is 1.17 bits per heavy atom. The van der Waals surface area contributed by atoms with Gasteiger partial charge in [-0.3, -0.25) is 9.36 Å². The minimum absolute atomic E-state index is 0.116. The van der Waals surface area contributed by atoms with Crippen molar-refractivity contribution < 1.29 is 0 Å². The number of benzene rings is 1. The van der Waals surface area contributed by atoms with Gasteiger partial charge in [0.25, 0.3) is 5.56 Å². The van der Waals surface area contributed by atoms with E-state index in [4.69, 9.17) is 4.98 Å². The number of aryl methyl sites for hydroxylation is 1. The van der Waals surface area contributed by atoms with Gasteiger partial charge in [0.05, 0.1) is 5.39 Å². The smallest absolute Gasteiger partial charge is 0.262 e. The van der Waals surface area contributed by atoms with Crippen molar-refractivity contribution in [2.75, 3.05) is 20.1 Å². The van der Waals surface area contributed by atoms with Gasteiger partial charge in [-0.1, -0.05) is 30.3 Å². The molecule has 0 N–H and O–H groups in total. The molecule has 24 heavy (non-hydrogen) atoms. The Balaban J connectivity index is 1.81. The molecule has 1 aromatic carbocycles. The molecule has 0 aliphatic carbocycles. The molecular weight excluding hydrogens is 318 g/mol. The molecule has 4 nitrogen and oxygen atoms in total. The molecule has 124 valence electrons. The third kappa shape index (κ3) is 2.68. The number of hydrogen-bond acceptors (Lipinski definition) is 4. The highest BCUT2D eigenvalue weighted by molar-refractivity contribution is 7.21. The lowest BCUT2D eigenvalue weighted by atomic mass is 10.0.